The van der Waals surface area contributed by atoms with E-state index in [2.05, 4.69) is 15.1 Å². The summed E-state index contributed by atoms with van der Waals surface area (Å²) >= 11 is 4.73. The van der Waals surface area contributed by atoms with Crippen molar-refractivity contribution in [3.63, 3.8) is 0 Å². The number of ether oxygens (including phenoxy) is 3. The van der Waals surface area contributed by atoms with E-state index in [1.165, 1.54) is 0 Å². The van der Waals surface area contributed by atoms with E-state index >= 15 is 0 Å². The third kappa shape index (κ3) is 15.6. The quantitative estimate of drug-likeness (QED) is 0.173. The van der Waals surface area contributed by atoms with Gasteiger partial charge in [-0.25, -0.2) is 0 Å². The Balaban J connectivity index is 2.41. The first-order valence-electron chi connectivity index (χ1n) is 14.8. The fourth-order valence-electron chi connectivity index (χ4n) is 4.74. The maximum Gasteiger partial charge on any atom is 0.320 e. The Morgan fingerprint density at radius 2 is 1.19 bits per heavy atom. The highest BCUT2D eigenvalue weighted by molar-refractivity contribution is 7.78. The predicted molar refractivity (Wildman–Crippen MR) is 171 cm³/mol. The van der Waals surface area contributed by atoms with Crippen LogP contribution in [0.5, 0.6) is 0 Å². The van der Waals surface area contributed by atoms with Gasteiger partial charge in [-0.3, -0.25) is 29.1 Å². The third-order valence-corrected chi connectivity index (χ3v) is 6.39. The fourth-order valence-corrected chi connectivity index (χ4v) is 4.84. The van der Waals surface area contributed by atoms with Crippen molar-refractivity contribution in [2.24, 2.45) is 4.99 Å². The van der Waals surface area contributed by atoms with Gasteiger partial charge in [-0.05, 0) is 98.6 Å². The van der Waals surface area contributed by atoms with Crippen LogP contribution in [0.2, 0.25) is 0 Å². The molecule has 1 aromatic rings. The lowest BCUT2D eigenvalue weighted by Gasteiger charge is -2.35. The average molecular weight is 619 g/mol. The normalized spacial score (nSPS) is 18.0. The van der Waals surface area contributed by atoms with E-state index in [1.807, 2.05) is 96.4 Å². The summed E-state index contributed by atoms with van der Waals surface area (Å²) in [5.74, 6) is -0.982. The summed E-state index contributed by atoms with van der Waals surface area (Å²) in [4.78, 5) is 49.0. The van der Waals surface area contributed by atoms with Gasteiger partial charge in [-0.15, -0.1) is 0 Å². The average Bonchev–Trinajstić information content (AvgIpc) is 2.88. The Hall–Kier alpha value is -2.69. The van der Waals surface area contributed by atoms with Crippen LogP contribution >= 0.6 is 12.2 Å². The molecule has 10 nitrogen and oxygen atoms in total. The van der Waals surface area contributed by atoms with Crippen LogP contribution < -0.4 is 0 Å². The van der Waals surface area contributed by atoms with Crippen molar-refractivity contribution < 1.29 is 28.6 Å². The Morgan fingerprint density at radius 3 is 1.67 bits per heavy atom. The topological polar surface area (TPSA) is 101 Å². The molecule has 0 radical (unpaired) electrons. The highest BCUT2D eigenvalue weighted by Gasteiger charge is 2.31. The Labute approximate surface area is 262 Å². The largest absolute Gasteiger partial charge is 0.459 e. The van der Waals surface area contributed by atoms with E-state index in [0.717, 1.165) is 5.56 Å². The second-order valence-corrected chi connectivity index (χ2v) is 14.2. The number of isothiocyanates is 1. The van der Waals surface area contributed by atoms with Gasteiger partial charge in [0.1, 0.15) is 16.8 Å². The lowest BCUT2D eigenvalue weighted by molar-refractivity contribution is -0.158. The summed E-state index contributed by atoms with van der Waals surface area (Å²) in [6.45, 7) is 19.4. The molecule has 0 spiro atoms. The van der Waals surface area contributed by atoms with Crippen LogP contribution in [0.1, 0.15) is 67.9 Å². The number of carbonyl (C=O) groups excluding carboxylic acids is 3. The van der Waals surface area contributed by atoms with Crippen molar-refractivity contribution in [3.8, 4) is 0 Å². The van der Waals surface area contributed by atoms with Crippen LogP contribution in [0.25, 0.3) is 0 Å². The summed E-state index contributed by atoms with van der Waals surface area (Å²) in [6.07, 6.45) is 0.612. The highest BCUT2D eigenvalue weighted by Crippen LogP contribution is 2.19. The van der Waals surface area contributed by atoms with Crippen LogP contribution in [0.3, 0.4) is 0 Å². The summed E-state index contributed by atoms with van der Waals surface area (Å²) in [5, 5.41) is 2.38. The van der Waals surface area contributed by atoms with Gasteiger partial charge in [0.25, 0.3) is 0 Å². The molecule has 1 fully saturated rings. The Kier molecular flexibility index (Phi) is 13.5. The summed E-state index contributed by atoms with van der Waals surface area (Å²) < 4.78 is 16.9. The van der Waals surface area contributed by atoms with Crippen LogP contribution in [-0.2, 0) is 35.0 Å². The summed E-state index contributed by atoms with van der Waals surface area (Å²) in [6, 6.07) is 7.58. The monoisotopic (exact) mass is 618 g/mol. The molecule has 0 bridgehead atoms. The molecule has 1 aliphatic heterocycles. The van der Waals surface area contributed by atoms with Crippen LogP contribution in [0, 0.1) is 0 Å². The number of esters is 3. The Morgan fingerprint density at radius 1 is 0.744 bits per heavy atom. The van der Waals surface area contributed by atoms with E-state index in [9.17, 15) is 14.4 Å². The van der Waals surface area contributed by atoms with Gasteiger partial charge in [-0.1, -0.05) is 12.1 Å². The van der Waals surface area contributed by atoms with Crippen molar-refractivity contribution in [1.82, 2.24) is 14.7 Å². The summed E-state index contributed by atoms with van der Waals surface area (Å²) in [5.41, 5.74) is -0.0885. The minimum atomic E-state index is -0.629. The molecule has 1 atom stereocenters. The molecule has 11 heteroatoms. The minimum absolute atomic E-state index is 0.0653. The minimum Gasteiger partial charge on any atom is -0.459 e. The van der Waals surface area contributed by atoms with Crippen LogP contribution in [0.4, 0.5) is 5.69 Å². The molecule has 43 heavy (non-hydrogen) atoms. The lowest BCUT2D eigenvalue weighted by Crippen LogP contribution is -2.50. The van der Waals surface area contributed by atoms with Gasteiger partial charge >= 0.3 is 17.9 Å². The number of hydrogen-bond acceptors (Lipinski definition) is 11. The van der Waals surface area contributed by atoms with E-state index in [4.69, 9.17) is 26.4 Å². The number of carbonyl (C=O) groups is 3. The van der Waals surface area contributed by atoms with Gasteiger partial charge in [-0.2, -0.15) is 4.99 Å². The molecule has 1 unspecified atom stereocenters. The lowest BCUT2D eigenvalue weighted by atomic mass is 10.0. The number of aliphatic imine (C=N–C) groups is 1. The van der Waals surface area contributed by atoms with E-state index < -0.39 is 16.8 Å². The van der Waals surface area contributed by atoms with Gasteiger partial charge in [0.2, 0.25) is 0 Å². The number of hydrogen-bond donors (Lipinski definition) is 0. The van der Waals surface area contributed by atoms with Gasteiger partial charge in [0.15, 0.2) is 0 Å². The van der Waals surface area contributed by atoms with Crippen molar-refractivity contribution in [2.45, 2.75) is 91.6 Å². The van der Waals surface area contributed by atoms with Crippen molar-refractivity contribution in [3.05, 3.63) is 29.8 Å². The van der Waals surface area contributed by atoms with Crippen LogP contribution in [-0.4, -0.2) is 113 Å². The first-order chi connectivity index (χ1) is 19.8. The number of thiocarbonyl (C=S) groups is 1. The molecule has 1 saturated heterocycles. The second kappa shape index (κ2) is 15.9. The van der Waals surface area contributed by atoms with Gasteiger partial charge in [0, 0.05) is 38.8 Å². The van der Waals surface area contributed by atoms with Gasteiger partial charge in [0.05, 0.1) is 30.5 Å². The van der Waals surface area contributed by atoms with E-state index in [1.54, 1.807) is 0 Å². The van der Waals surface area contributed by atoms with Crippen molar-refractivity contribution in [2.75, 3.05) is 52.4 Å². The molecule has 1 aromatic carbocycles. The smallest absolute Gasteiger partial charge is 0.320 e. The molecule has 2 rings (SSSR count). The third-order valence-electron chi connectivity index (χ3n) is 6.30. The number of rotatable bonds is 9. The molecule has 1 aliphatic rings. The first kappa shape index (κ1) is 36.5. The molecule has 0 N–H and O–H groups in total. The van der Waals surface area contributed by atoms with E-state index in [-0.39, 0.29) is 43.6 Å². The maximum absolute atomic E-state index is 13.1. The molecule has 0 amide bonds. The maximum atomic E-state index is 13.1. The molecule has 1 heterocycles. The molecule has 0 saturated carbocycles. The molecular formula is C32H50N4O6S. The summed E-state index contributed by atoms with van der Waals surface area (Å²) in [7, 11) is 0. The van der Waals surface area contributed by atoms with Gasteiger partial charge < -0.3 is 14.2 Å². The zero-order chi connectivity index (χ0) is 32.4. The van der Waals surface area contributed by atoms with Crippen molar-refractivity contribution in [1.29, 1.82) is 0 Å². The fraction of sp³-hybridized carbons (Fsp3) is 0.688. The standard InChI is InChI=1S/C32H50N4O6S/c1-30(2,3)40-27(37)20-34-14-15-35(21-28(38)41-31(4,5)6)19-26(18-24-10-12-25(13-11-24)33-23-43)36(17-16-34)22-29(39)42-32(7,8)9/h10-13,26H,14-22H2,1-9H3. The molecule has 240 valence electrons. The highest BCUT2D eigenvalue weighted by atomic mass is 32.1. The molecule has 0 aliphatic carbocycles. The Bertz CT molecular complexity index is 1130. The van der Waals surface area contributed by atoms with E-state index in [0.29, 0.717) is 44.8 Å². The molecular weight excluding hydrogens is 568 g/mol. The zero-order valence-corrected chi connectivity index (χ0v) is 28.2. The molecule has 0 aromatic heterocycles. The van der Waals surface area contributed by atoms with Crippen LogP contribution in [0.15, 0.2) is 29.3 Å². The SMILES string of the molecule is CC(C)(C)OC(=O)CN1CCN(CC(=O)OC(C)(C)C)CC(Cc2ccc(N=C=S)cc2)N(CC(=O)OC(C)(C)C)CC1. The van der Waals surface area contributed by atoms with Crippen molar-refractivity contribution >= 4 is 41.0 Å². The number of nitrogens with zero attached hydrogens (tertiary/aromatic N) is 4. The zero-order valence-electron chi connectivity index (χ0n) is 27.4. The number of benzene rings is 1. The second-order valence-electron chi connectivity index (χ2n) is 14.0. The first-order valence-corrected chi connectivity index (χ1v) is 15.2. The predicted octanol–water partition coefficient (Wildman–Crippen LogP) is 4.28.